The van der Waals surface area contributed by atoms with Crippen LogP contribution in [0, 0.1) is 0 Å². The van der Waals surface area contributed by atoms with E-state index in [4.69, 9.17) is 5.11 Å². The number of piperidine rings is 1. The minimum Gasteiger partial charge on any atom is -0.396 e. The highest BCUT2D eigenvalue weighted by Gasteiger charge is 2.16. The summed E-state index contributed by atoms with van der Waals surface area (Å²) >= 11 is 1.66. The molecule has 1 amide bonds. The van der Waals surface area contributed by atoms with Gasteiger partial charge in [-0.1, -0.05) is 0 Å². The van der Waals surface area contributed by atoms with Crippen LogP contribution in [0.3, 0.4) is 0 Å². The zero-order valence-electron chi connectivity index (χ0n) is 10.7. The molecule has 2 N–H and O–H groups in total. The average Bonchev–Trinajstić information content (AvgIpc) is 2.38. The van der Waals surface area contributed by atoms with Crippen LogP contribution in [0.4, 0.5) is 0 Å². The van der Waals surface area contributed by atoms with Crippen molar-refractivity contribution in [3.8, 4) is 0 Å². The van der Waals surface area contributed by atoms with Crippen LogP contribution in [0.15, 0.2) is 0 Å². The minimum atomic E-state index is 0.201. The summed E-state index contributed by atoms with van der Waals surface area (Å²) in [5.74, 6) is 1.73. The van der Waals surface area contributed by atoms with E-state index in [-0.39, 0.29) is 12.5 Å². The summed E-state index contributed by atoms with van der Waals surface area (Å²) in [6, 6.07) is 0.305. The number of amides is 1. The lowest BCUT2D eigenvalue weighted by molar-refractivity contribution is -0.129. The maximum absolute atomic E-state index is 11.9. The van der Waals surface area contributed by atoms with Gasteiger partial charge in [0, 0.05) is 31.5 Å². The molecule has 0 spiro atoms. The molecule has 17 heavy (non-hydrogen) atoms. The summed E-state index contributed by atoms with van der Waals surface area (Å²) in [4.78, 5) is 13.8. The number of hydrogen-bond acceptors (Lipinski definition) is 4. The molecule has 0 aliphatic carbocycles. The molecule has 0 saturated carbocycles. The second-order valence-electron chi connectivity index (χ2n) is 4.45. The van der Waals surface area contributed by atoms with Crippen molar-refractivity contribution in [2.75, 3.05) is 38.2 Å². The SMILES string of the molecule is CNC(CCO)CSCC(=O)N1CCCCC1. The van der Waals surface area contributed by atoms with Gasteiger partial charge in [-0.15, -0.1) is 0 Å². The Balaban J connectivity index is 2.14. The Morgan fingerprint density at radius 3 is 2.71 bits per heavy atom. The molecule has 1 aliphatic rings. The van der Waals surface area contributed by atoms with Gasteiger partial charge in [0.25, 0.3) is 0 Å². The van der Waals surface area contributed by atoms with Gasteiger partial charge in [-0.05, 0) is 32.7 Å². The molecule has 0 aromatic rings. The standard InChI is InChI=1S/C12H24N2O2S/c1-13-11(5-8-15)9-17-10-12(16)14-6-3-2-4-7-14/h11,13,15H,2-10H2,1H3. The second kappa shape index (κ2) is 8.78. The third-order valence-corrected chi connectivity index (χ3v) is 4.23. The van der Waals surface area contributed by atoms with Gasteiger partial charge >= 0.3 is 0 Å². The second-order valence-corrected chi connectivity index (χ2v) is 5.48. The van der Waals surface area contributed by atoms with E-state index in [0.29, 0.717) is 11.8 Å². The van der Waals surface area contributed by atoms with Crippen molar-refractivity contribution < 1.29 is 9.90 Å². The van der Waals surface area contributed by atoms with Gasteiger partial charge in [0.05, 0.1) is 5.75 Å². The van der Waals surface area contributed by atoms with Crippen molar-refractivity contribution in [1.82, 2.24) is 10.2 Å². The molecule has 100 valence electrons. The number of aliphatic hydroxyl groups is 1. The molecule has 4 nitrogen and oxygen atoms in total. The lowest BCUT2D eigenvalue weighted by Gasteiger charge is -2.26. The maximum Gasteiger partial charge on any atom is 0.232 e. The van der Waals surface area contributed by atoms with Crippen molar-refractivity contribution in [2.45, 2.75) is 31.7 Å². The molecule has 1 fully saturated rings. The van der Waals surface area contributed by atoms with Crippen LogP contribution in [0.5, 0.6) is 0 Å². The van der Waals surface area contributed by atoms with Crippen molar-refractivity contribution in [1.29, 1.82) is 0 Å². The third-order valence-electron chi connectivity index (χ3n) is 3.14. The first-order chi connectivity index (χ1) is 8.27. The van der Waals surface area contributed by atoms with E-state index in [1.165, 1.54) is 6.42 Å². The Labute approximate surface area is 108 Å². The van der Waals surface area contributed by atoms with Gasteiger partial charge in [0.15, 0.2) is 0 Å². The van der Waals surface area contributed by atoms with Gasteiger partial charge in [-0.3, -0.25) is 4.79 Å². The first-order valence-electron chi connectivity index (χ1n) is 6.41. The Kier molecular flexibility index (Phi) is 7.64. The largest absolute Gasteiger partial charge is 0.396 e. The Morgan fingerprint density at radius 1 is 1.41 bits per heavy atom. The molecule has 1 atom stereocenters. The molecule has 0 radical (unpaired) electrons. The van der Waals surface area contributed by atoms with E-state index in [9.17, 15) is 4.79 Å². The first kappa shape index (κ1) is 14.8. The number of hydrogen-bond donors (Lipinski definition) is 2. The maximum atomic E-state index is 11.9. The van der Waals surface area contributed by atoms with Crippen LogP contribution in [0.2, 0.25) is 0 Å². The molecule has 1 rings (SSSR count). The van der Waals surface area contributed by atoms with E-state index >= 15 is 0 Å². The van der Waals surface area contributed by atoms with Crippen molar-refractivity contribution in [3.05, 3.63) is 0 Å². The molecule has 1 unspecified atom stereocenters. The predicted molar refractivity (Wildman–Crippen MR) is 72.3 cm³/mol. The molecule has 1 aliphatic heterocycles. The van der Waals surface area contributed by atoms with Crippen molar-refractivity contribution in [3.63, 3.8) is 0 Å². The molecule has 0 aromatic heterocycles. The van der Waals surface area contributed by atoms with E-state index < -0.39 is 0 Å². The molecule has 0 bridgehead atoms. The van der Waals surface area contributed by atoms with E-state index in [1.54, 1.807) is 11.8 Å². The number of nitrogens with one attached hydrogen (secondary N) is 1. The molecule has 5 heteroatoms. The number of nitrogens with zero attached hydrogens (tertiary/aromatic N) is 1. The highest BCUT2D eigenvalue weighted by molar-refractivity contribution is 7.99. The third kappa shape index (κ3) is 5.75. The van der Waals surface area contributed by atoms with Crippen LogP contribution in [0.1, 0.15) is 25.7 Å². The molecule has 1 saturated heterocycles. The fourth-order valence-electron chi connectivity index (χ4n) is 1.99. The average molecular weight is 260 g/mol. The Bertz CT molecular complexity index is 221. The molecule has 0 aromatic carbocycles. The number of carbonyl (C=O) groups excluding carboxylic acids is 1. The summed E-state index contributed by atoms with van der Waals surface area (Å²) < 4.78 is 0. The molecule has 1 heterocycles. The van der Waals surface area contributed by atoms with Gasteiger partial charge in [-0.2, -0.15) is 11.8 Å². The zero-order valence-corrected chi connectivity index (χ0v) is 11.5. The monoisotopic (exact) mass is 260 g/mol. The van der Waals surface area contributed by atoms with Gasteiger partial charge in [0.1, 0.15) is 0 Å². The van der Waals surface area contributed by atoms with Crippen LogP contribution in [-0.2, 0) is 4.79 Å². The zero-order chi connectivity index (χ0) is 12.5. The fraction of sp³-hybridized carbons (Fsp3) is 0.917. The lowest BCUT2D eigenvalue weighted by Crippen LogP contribution is -2.37. The smallest absolute Gasteiger partial charge is 0.232 e. The van der Waals surface area contributed by atoms with E-state index in [2.05, 4.69) is 5.32 Å². The van der Waals surface area contributed by atoms with Gasteiger partial charge in [-0.25, -0.2) is 0 Å². The Morgan fingerprint density at radius 2 is 2.12 bits per heavy atom. The van der Waals surface area contributed by atoms with Crippen LogP contribution >= 0.6 is 11.8 Å². The first-order valence-corrected chi connectivity index (χ1v) is 7.57. The van der Waals surface area contributed by atoms with Gasteiger partial charge in [0.2, 0.25) is 5.91 Å². The highest BCUT2D eigenvalue weighted by Crippen LogP contribution is 2.12. The highest BCUT2D eigenvalue weighted by atomic mass is 32.2. The summed E-state index contributed by atoms with van der Waals surface area (Å²) in [6.45, 7) is 2.07. The van der Waals surface area contributed by atoms with Crippen LogP contribution < -0.4 is 5.32 Å². The number of thioether (sulfide) groups is 1. The lowest BCUT2D eigenvalue weighted by atomic mass is 10.1. The quantitative estimate of drug-likeness (QED) is 0.707. The topological polar surface area (TPSA) is 52.6 Å². The number of likely N-dealkylation sites (tertiary alicyclic amines) is 1. The fourth-order valence-corrected chi connectivity index (χ4v) is 3.08. The summed E-state index contributed by atoms with van der Waals surface area (Å²) in [6.07, 6.45) is 4.32. The minimum absolute atomic E-state index is 0.201. The van der Waals surface area contributed by atoms with Crippen LogP contribution in [-0.4, -0.2) is 60.2 Å². The molecular weight excluding hydrogens is 236 g/mol. The number of carbonyl (C=O) groups is 1. The summed E-state index contributed by atoms with van der Waals surface area (Å²) in [7, 11) is 1.90. The van der Waals surface area contributed by atoms with Crippen LogP contribution in [0.25, 0.3) is 0 Å². The predicted octanol–water partition coefficient (Wildman–Crippen LogP) is 0.702. The van der Waals surface area contributed by atoms with Crippen molar-refractivity contribution in [2.24, 2.45) is 0 Å². The van der Waals surface area contributed by atoms with E-state index in [1.807, 2.05) is 11.9 Å². The summed E-state index contributed by atoms with van der Waals surface area (Å²) in [5, 5.41) is 12.0. The number of rotatable bonds is 7. The normalized spacial score (nSPS) is 18.1. The van der Waals surface area contributed by atoms with Gasteiger partial charge < -0.3 is 15.3 Å². The Hall–Kier alpha value is -0.260. The molecular formula is C12H24N2O2S. The van der Waals surface area contributed by atoms with Crippen molar-refractivity contribution >= 4 is 17.7 Å². The van der Waals surface area contributed by atoms with E-state index in [0.717, 1.165) is 38.1 Å². The summed E-state index contributed by atoms with van der Waals surface area (Å²) in [5.41, 5.74) is 0. The number of aliphatic hydroxyl groups excluding tert-OH is 1.